The zero-order valence-corrected chi connectivity index (χ0v) is 42.5. The molecule has 0 aromatic heterocycles. The maximum absolute atomic E-state index is 12.5. The maximum Gasteiger partial charge on any atom is 0.220 e. The number of unbranched alkanes of at least 4 members (excludes halogenated alkanes) is 46. The lowest BCUT2D eigenvalue weighted by molar-refractivity contribution is -0.124. The van der Waals surface area contributed by atoms with Crippen molar-refractivity contribution in [3.05, 3.63) is 0 Å². The highest BCUT2D eigenvalue weighted by molar-refractivity contribution is 5.76. The van der Waals surface area contributed by atoms with Crippen LogP contribution in [0.15, 0.2) is 0 Å². The zero-order chi connectivity index (χ0) is 45.1. The van der Waals surface area contributed by atoms with Gasteiger partial charge in [0.1, 0.15) is 6.10 Å². The fourth-order valence-electron chi connectivity index (χ4n) is 9.52. The topological polar surface area (TPSA) is 89.8 Å². The molecule has 62 heavy (non-hydrogen) atoms. The molecular weight excluding hydrogens is 763 g/mol. The van der Waals surface area contributed by atoms with Crippen molar-refractivity contribution in [1.82, 2.24) is 5.32 Å². The zero-order valence-electron chi connectivity index (χ0n) is 42.5. The number of rotatable bonds is 54. The van der Waals surface area contributed by atoms with E-state index in [0.717, 1.165) is 32.1 Å². The number of aliphatic hydroxyl groups is 3. The van der Waals surface area contributed by atoms with E-state index in [4.69, 9.17) is 0 Å². The van der Waals surface area contributed by atoms with E-state index < -0.39 is 18.2 Å². The van der Waals surface area contributed by atoms with Crippen molar-refractivity contribution >= 4 is 5.91 Å². The van der Waals surface area contributed by atoms with Crippen LogP contribution in [0.3, 0.4) is 0 Å². The van der Waals surface area contributed by atoms with Crippen LogP contribution in [0.25, 0.3) is 0 Å². The van der Waals surface area contributed by atoms with Crippen molar-refractivity contribution in [2.75, 3.05) is 6.61 Å². The van der Waals surface area contributed by atoms with Crippen molar-refractivity contribution in [2.24, 2.45) is 0 Å². The summed E-state index contributed by atoms with van der Waals surface area (Å²) in [6.07, 6.45) is 64.0. The van der Waals surface area contributed by atoms with Gasteiger partial charge >= 0.3 is 0 Å². The Morgan fingerprint density at radius 3 is 0.774 bits per heavy atom. The smallest absolute Gasteiger partial charge is 0.220 e. The molecule has 0 aromatic carbocycles. The van der Waals surface area contributed by atoms with Crippen molar-refractivity contribution < 1.29 is 20.1 Å². The summed E-state index contributed by atoms with van der Waals surface area (Å²) in [7, 11) is 0. The van der Waals surface area contributed by atoms with Crippen LogP contribution >= 0.6 is 0 Å². The molecule has 5 heteroatoms. The Kier molecular flexibility index (Phi) is 52.4. The van der Waals surface area contributed by atoms with Gasteiger partial charge in [0, 0.05) is 6.42 Å². The summed E-state index contributed by atoms with van der Waals surface area (Å²) < 4.78 is 0. The Labute approximate surface area is 389 Å². The Morgan fingerprint density at radius 2 is 0.548 bits per heavy atom. The summed E-state index contributed by atoms with van der Waals surface area (Å²) in [5.74, 6) is -0.135. The molecule has 1 amide bonds. The molecule has 3 unspecified atom stereocenters. The van der Waals surface area contributed by atoms with Gasteiger partial charge in [0.25, 0.3) is 0 Å². The first kappa shape index (κ1) is 61.4. The lowest BCUT2D eigenvalue weighted by Gasteiger charge is -2.26. The number of hydrogen-bond donors (Lipinski definition) is 4. The predicted octanol–water partition coefficient (Wildman–Crippen LogP) is 17.7. The number of carbonyl (C=O) groups excluding carboxylic acids is 1. The van der Waals surface area contributed by atoms with Crippen LogP contribution in [0.5, 0.6) is 0 Å². The minimum atomic E-state index is -1.13. The van der Waals surface area contributed by atoms with E-state index in [1.165, 1.54) is 276 Å². The normalized spacial score (nSPS) is 13.2. The van der Waals surface area contributed by atoms with E-state index in [2.05, 4.69) is 19.2 Å². The molecule has 0 aliphatic carbocycles. The van der Waals surface area contributed by atoms with Gasteiger partial charge in [-0.2, -0.15) is 0 Å². The molecule has 4 N–H and O–H groups in total. The molecular formula is C57H115NO4. The second-order valence-electron chi connectivity index (χ2n) is 20.2. The van der Waals surface area contributed by atoms with Gasteiger partial charge in [0.2, 0.25) is 5.91 Å². The monoisotopic (exact) mass is 878 g/mol. The standard InChI is InChI=1S/C57H115NO4/c1-3-5-7-9-11-13-15-17-19-21-23-25-26-27-28-29-30-32-34-36-38-40-42-44-46-48-50-52-56(61)58-54(53-59)57(62)55(60)51-49-47-45-43-41-39-37-35-33-31-24-22-20-18-16-14-12-10-8-6-4-2/h54-55,57,59-60,62H,3-53H2,1-2H3,(H,58,61). The van der Waals surface area contributed by atoms with Gasteiger partial charge in [-0.05, 0) is 12.8 Å². The molecule has 0 aromatic rings. The van der Waals surface area contributed by atoms with Gasteiger partial charge in [-0.1, -0.05) is 316 Å². The average Bonchev–Trinajstić information content (AvgIpc) is 3.28. The van der Waals surface area contributed by atoms with Crippen LogP contribution in [-0.4, -0.2) is 46.1 Å². The quantitative estimate of drug-likeness (QED) is 0.0458. The summed E-state index contributed by atoms with van der Waals surface area (Å²) in [5.41, 5.74) is 0. The molecule has 0 fully saturated rings. The molecule has 0 aliphatic heterocycles. The van der Waals surface area contributed by atoms with Gasteiger partial charge in [-0.3, -0.25) is 4.79 Å². The molecule has 3 atom stereocenters. The molecule has 0 spiro atoms. The number of amides is 1. The second-order valence-corrected chi connectivity index (χ2v) is 20.2. The summed E-state index contributed by atoms with van der Waals surface area (Å²) >= 11 is 0. The van der Waals surface area contributed by atoms with Gasteiger partial charge in [-0.25, -0.2) is 0 Å². The minimum Gasteiger partial charge on any atom is -0.394 e. The van der Waals surface area contributed by atoms with Crippen molar-refractivity contribution in [2.45, 2.75) is 353 Å². The molecule has 0 heterocycles. The number of carbonyl (C=O) groups is 1. The Bertz CT molecular complexity index is 838. The maximum atomic E-state index is 12.5. The third-order valence-electron chi connectivity index (χ3n) is 14.0. The van der Waals surface area contributed by atoms with Crippen LogP contribution in [0, 0.1) is 0 Å². The van der Waals surface area contributed by atoms with E-state index >= 15 is 0 Å². The highest BCUT2D eigenvalue weighted by Crippen LogP contribution is 2.19. The lowest BCUT2D eigenvalue weighted by atomic mass is 9.99. The largest absolute Gasteiger partial charge is 0.394 e. The van der Waals surface area contributed by atoms with Crippen molar-refractivity contribution in [3.8, 4) is 0 Å². The number of hydrogen-bond acceptors (Lipinski definition) is 4. The molecule has 0 aliphatic rings. The van der Waals surface area contributed by atoms with E-state index in [1.54, 1.807) is 0 Å². The van der Waals surface area contributed by atoms with Gasteiger partial charge in [-0.15, -0.1) is 0 Å². The minimum absolute atomic E-state index is 0.135. The van der Waals surface area contributed by atoms with Crippen LogP contribution in [0.4, 0.5) is 0 Å². The molecule has 372 valence electrons. The molecule has 0 bridgehead atoms. The summed E-state index contributed by atoms with van der Waals surface area (Å²) in [6, 6.07) is -0.804. The average molecular weight is 879 g/mol. The van der Waals surface area contributed by atoms with Crippen LogP contribution < -0.4 is 5.32 Å². The SMILES string of the molecule is CCCCCCCCCCCCCCCCCCCCCCCCCCCCCC(=O)NC(CO)C(O)C(O)CCCCCCCCCCCCCCCCCCCCCCC. The van der Waals surface area contributed by atoms with Crippen molar-refractivity contribution in [3.63, 3.8) is 0 Å². The Hall–Kier alpha value is -0.650. The van der Waals surface area contributed by atoms with E-state index in [0.29, 0.717) is 12.8 Å². The van der Waals surface area contributed by atoms with Gasteiger partial charge in [0.15, 0.2) is 0 Å². The summed E-state index contributed by atoms with van der Waals surface area (Å²) in [4.78, 5) is 12.5. The van der Waals surface area contributed by atoms with E-state index in [1.807, 2.05) is 0 Å². The second kappa shape index (κ2) is 53.0. The first-order chi connectivity index (χ1) is 30.6. The molecule has 0 saturated carbocycles. The molecule has 0 radical (unpaired) electrons. The molecule has 0 saturated heterocycles. The fraction of sp³-hybridized carbons (Fsp3) is 0.982. The highest BCUT2D eigenvalue weighted by atomic mass is 16.3. The predicted molar refractivity (Wildman–Crippen MR) is 273 cm³/mol. The van der Waals surface area contributed by atoms with Crippen LogP contribution in [0.2, 0.25) is 0 Å². The Balaban J connectivity index is 3.48. The molecule has 0 rings (SSSR count). The van der Waals surface area contributed by atoms with Gasteiger partial charge in [0.05, 0.1) is 18.8 Å². The first-order valence-electron chi connectivity index (χ1n) is 28.8. The number of aliphatic hydroxyl groups excluding tert-OH is 3. The first-order valence-corrected chi connectivity index (χ1v) is 28.8. The van der Waals surface area contributed by atoms with Crippen LogP contribution in [0.1, 0.15) is 335 Å². The third-order valence-corrected chi connectivity index (χ3v) is 14.0. The third kappa shape index (κ3) is 47.3. The summed E-state index contributed by atoms with van der Waals surface area (Å²) in [5, 5.41) is 33.8. The summed E-state index contributed by atoms with van der Waals surface area (Å²) in [6.45, 7) is 4.23. The van der Waals surface area contributed by atoms with Crippen LogP contribution in [-0.2, 0) is 4.79 Å². The van der Waals surface area contributed by atoms with E-state index in [-0.39, 0.29) is 12.5 Å². The Morgan fingerprint density at radius 1 is 0.339 bits per heavy atom. The van der Waals surface area contributed by atoms with Gasteiger partial charge < -0.3 is 20.6 Å². The highest BCUT2D eigenvalue weighted by Gasteiger charge is 2.26. The van der Waals surface area contributed by atoms with E-state index in [9.17, 15) is 20.1 Å². The van der Waals surface area contributed by atoms with Crippen molar-refractivity contribution in [1.29, 1.82) is 0 Å². The molecule has 5 nitrogen and oxygen atoms in total. The lowest BCUT2D eigenvalue weighted by Crippen LogP contribution is -2.50. The number of nitrogens with one attached hydrogen (secondary N) is 1. The fourth-order valence-corrected chi connectivity index (χ4v) is 9.52.